The standard InChI is InChI=1S/C24H28Cl2FN3O/c1-15-9-19(27)3-6-22(15)30-8-7-21(28-20-4-5-20)13-23(30)24(31)29(2)14-16-10-17(25)12-18(26)11-16/h3,6,9-12,20-21,23,28H,4-5,7-8,13-14H2,1-2H3. The van der Waals surface area contributed by atoms with Crippen LogP contribution in [0, 0.1) is 12.7 Å². The zero-order valence-electron chi connectivity index (χ0n) is 17.9. The van der Waals surface area contributed by atoms with E-state index in [-0.39, 0.29) is 17.8 Å². The molecule has 166 valence electrons. The molecule has 4 nitrogen and oxygen atoms in total. The second-order valence-corrected chi connectivity index (χ2v) is 9.65. The van der Waals surface area contributed by atoms with Gasteiger partial charge in [0.25, 0.3) is 0 Å². The highest BCUT2D eigenvalue weighted by Crippen LogP contribution is 2.31. The van der Waals surface area contributed by atoms with Gasteiger partial charge in [-0.2, -0.15) is 0 Å². The van der Waals surface area contributed by atoms with Crippen LogP contribution in [0.3, 0.4) is 0 Å². The number of rotatable bonds is 6. The summed E-state index contributed by atoms with van der Waals surface area (Å²) in [6.45, 7) is 3.07. The summed E-state index contributed by atoms with van der Waals surface area (Å²) in [7, 11) is 1.81. The number of carbonyl (C=O) groups excluding carboxylic acids is 1. The number of nitrogens with zero attached hydrogens (tertiary/aromatic N) is 2. The lowest BCUT2D eigenvalue weighted by Gasteiger charge is -2.42. The van der Waals surface area contributed by atoms with Crippen molar-refractivity contribution in [1.29, 1.82) is 0 Å². The van der Waals surface area contributed by atoms with Crippen molar-refractivity contribution in [3.8, 4) is 0 Å². The van der Waals surface area contributed by atoms with E-state index in [0.717, 1.165) is 36.2 Å². The van der Waals surface area contributed by atoms with Gasteiger partial charge >= 0.3 is 0 Å². The van der Waals surface area contributed by atoms with Crippen LogP contribution >= 0.6 is 23.2 Å². The van der Waals surface area contributed by atoms with E-state index in [4.69, 9.17) is 23.2 Å². The molecule has 4 rings (SSSR count). The molecule has 0 aromatic heterocycles. The molecule has 2 aromatic carbocycles. The van der Waals surface area contributed by atoms with Crippen molar-refractivity contribution >= 4 is 34.8 Å². The first kappa shape index (κ1) is 22.4. The number of nitrogens with one attached hydrogen (secondary N) is 1. The molecule has 2 fully saturated rings. The third-order valence-electron chi connectivity index (χ3n) is 6.12. The Labute approximate surface area is 193 Å². The molecule has 2 aromatic rings. The Balaban J connectivity index is 1.56. The molecule has 1 aliphatic carbocycles. The van der Waals surface area contributed by atoms with Gasteiger partial charge in [-0.15, -0.1) is 0 Å². The van der Waals surface area contributed by atoms with Crippen LogP contribution in [0.4, 0.5) is 10.1 Å². The Morgan fingerprint density at radius 3 is 2.48 bits per heavy atom. The highest BCUT2D eigenvalue weighted by molar-refractivity contribution is 6.34. The van der Waals surface area contributed by atoms with Crippen molar-refractivity contribution in [2.45, 2.75) is 57.3 Å². The predicted octanol–water partition coefficient (Wildman–Crippen LogP) is 5.19. The maximum Gasteiger partial charge on any atom is 0.245 e. The largest absolute Gasteiger partial charge is 0.359 e. The first-order chi connectivity index (χ1) is 14.8. The normalized spacial score (nSPS) is 21.3. The minimum Gasteiger partial charge on any atom is -0.359 e. The van der Waals surface area contributed by atoms with Crippen LogP contribution in [0.2, 0.25) is 10.0 Å². The molecule has 1 aliphatic heterocycles. The Kier molecular flexibility index (Phi) is 6.75. The molecule has 2 atom stereocenters. The van der Waals surface area contributed by atoms with Gasteiger partial charge in [0.05, 0.1) is 0 Å². The van der Waals surface area contributed by atoms with Gasteiger partial charge in [0, 0.05) is 48.0 Å². The minimum absolute atomic E-state index is 0.0436. The number of benzene rings is 2. The van der Waals surface area contributed by atoms with E-state index in [1.54, 1.807) is 17.0 Å². The number of piperidine rings is 1. The molecule has 0 bridgehead atoms. The van der Waals surface area contributed by atoms with Crippen molar-refractivity contribution in [3.63, 3.8) is 0 Å². The highest BCUT2D eigenvalue weighted by Gasteiger charge is 2.37. The van der Waals surface area contributed by atoms with Gasteiger partial charge < -0.3 is 15.1 Å². The summed E-state index contributed by atoms with van der Waals surface area (Å²) in [5, 5.41) is 4.79. The molecular formula is C24H28Cl2FN3O. The molecule has 1 N–H and O–H groups in total. The molecule has 0 radical (unpaired) electrons. The molecule has 0 spiro atoms. The van der Waals surface area contributed by atoms with E-state index in [9.17, 15) is 9.18 Å². The Morgan fingerprint density at radius 2 is 1.84 bits per heavy atom. The smallest absolute Gasteiger partial charge is 0.245 e. The predicted molar refractivity (Wildman–Crippen MR) is 124 cm³/mol. The van der Waals surface area contributed by atoms with E-state index in [0.29, 0.717) is 28.7 Å². The fourth-order valence-electron chi connectivity index (χ4n) is 4.47. The van der Waals surface area contributed by atoms with E-state index in [1.165, 1.54) is 25.0 Å². The lowest BCUT2D eigenvalue weighted by Crippen LogP contribution is -2.55. The molecule has 2 aliphatic rings. The van der Waals surface area contributed by atoms with Crippen LogP contribution in [0.5, 0.6) is 0 Å². The topological polar surface area (TPSA) is 35.6 Å². The average Bonchev–Trinajstić information content (AvgIpc) is 3.51. The van der Waals surface area contributed by atoms with E-state index in [1.807, 2.05) is 26.1 Å². The first-order valence-electron chi connectivity index (χ1n) is 10.8. The van der Waals surface area contributed by atoms with Crippen LogP contribution in [-0.2, 0) is 11.3 Å². The Hall–Kier alpha value is -1.82. The van der Waals surface area contributed by atoms with Crippen LogP contribution in [0.25, 0.3) is 0 Å². The summed E-state index contributed by atoms with van der Waals surface area (Å²) < 4.78 is 13.7. The number of likely N-dealkylation sites (N-methyl/N-ethyl adjacent to an activating group) is 1. The number of hydrogen-bond donors (Lipinski definition) is 1. The lowest BCUT2D eigenvalue weighted by molar-refractivity contribution is -0.132. The average molecular weight is 464 g/mol. The van der Waals surface area contributed by atoms with Crippen molar-refractivity contribution in [1.82, 2.24) is 10.2 Å². The number of carbonyl (C=O) groups is 1. The fourth-order valence-corrected chi connectivity index (χ4v) is 5.04. The van der Waals surface area contributed by atoms with E-state index < -0.39 is 0 Å². The molecule has 31 heavy (non-hydrogen) atoms. The maximum absolute atomic E-state index is 13.7. The highest BCUT2D eigenvalue weighted by atomic mass is 35.5. The monoisotopic (exact) mass is 463 g/mol. The second-order valence-electron chi connectivity index (χ2n) is 8.77. The summed E-state index contributed by atoms with van der Waals surface area (Å²) in [4.78, 5) is 17.5. The van der Waals surface area contributed by atoms with Crippen molar-refractivity contribution in [2.75, 3.05) is 18.5 Å². The summed E-state index contributed by atoms with van der Waals surface area (Å²) in [5.41, 5.74) is 2.65. The molecule has 7 heteroatoms. The third kappa shape index (κ3) is 5.51. The molecule has 2 unspecified atom stereocenters. The quantitative estimate of drug-likeness (QED) is 0.639. The van der Waals surface area contributed by atoms with E-state index in [2.05, 4.69) is 10.2 Å². The fraction of sp³-hybridized carbons (Fsp3) is 0.458. The van der Waals surface area contributed by atoms with E-state index >= 15 is 0 Å². The Morgan fingerprint density at radius 1 is 1.13 bits per heavy atom. The van der Waals surface area contributed by atoms with Gasteiger partial charge in [0.15, 0.2) is 0 Å². The Bertz CT molecular complexity index is 946. The van der Waals surface area contributed by atoms with Crippen molar-refractivity contribution < 1.29 is 9.18 Å². The van der Waals surface area contributed by atoms with Crippen molar-refractivity contribution in [3.05, 3.63) is 63.4 Å². The maximum atomic E-state index is 13.7. The number of hydrogen-bond acceptors (Lipinski definition) is 3. The summed E-state index contributed by atoms with van der Waals surface area (Å²) in [6, 6.07) is 10.7. The van der Waals surface area contributed by atoms with Crippen LogP contribution in [0.1, 0.15) is 36.8 Å². The third-order valence-corrected chi connectivity index (χ3v) is 6.56. The summed E-state index contributed by atoms with van der Waals surface area (Å²) in [6.07, 6.45) is 4.12. The molecule has 1 saturated carbocycles. The van der Waals surface area contributed by atoms with Gasteiger partial charge in [-0.1, -0.05) is 23.2 Å². The van der Waals surface area contributed by atoms with Gasteiger partial charge in [-0.05, 0) is 80.1 Å². The summed E-state index contributed by atoms with van der Waals surface area (Å²) >= 11 is 12.3. The number of anilines is 1. The summed E-state index contributed by atoms with van der Waals surface area (Å²) in [5.74, 6) is -0.216. The zero-order chi connectivity index (χ0) is 22.1. The van der Waals surface area contributed by atoms with Gasteiger partial charge in [-0.3, -0.25) is 4.79 Å². The molecule has 1 amide bonds. The SMILES string of the molecule is Cc1cc(F)ccc1N1CCC(NC2CC2)CC1C(=O)N(C)Cc1cc(Cl)cc(Cl)c1. The molecule has 1 saturated heterocycles. The van der Waals surface area contributed by atoms with Crippen LogP contribution < -0.4 is 10.2 Å². The molecular weight excluding hydrogens is 436 g/mol. The minimum atomic E-state index is -0.311. The number of halogens is 3. The molecule has 1 heterocycles. The van der Waals surface area contributed by atoms with Crippen molar-refractivity contribution in [2.24, 2.45) is 0 Å². The number of aryl methyl sites for hydroxylation is 1. The van der Waals surface area contributed by atoms with Gasteiger partial charge in [0.2, 0.25) is 5.91 Å². The first-order valence-corrected chi connectivity index (χ1v) is 11.5. The van der Waals surface area contributed by atoms with Crippen LogP contribution in [-0.4, -0.2) is 42.5 Å². The van der Waals surface area contributed by atoms with Gasteiger partial charge in [-0.25, -0.2) is 4.39 Å². The number of amides is 1. The van der Waals surface area contributed by atoms with Gasteiger partial charge in [0.1, 0.15) is 11.9 Å². The van der Waals surface area contributed by atoms with Crippen LogP contribution in [0.15, 0.2) is 36.4 Å². The zero-order valence-corrected chi connectivity index (χ0v) is 19.4. The second kappa shape index (κ2) is 9.35. The lowest BCUT2D eigenvalue weighted by atomic mass is 9.94.